The lowest BCUT2D eigenvalue weighted by Gasteiger charge is -2.30. The molecule has 2 aromatic heterocycles. The van der Waals surface area contributed by atoms with Gasteiger partial charge in [0, 0.05) is 31.1 Å². The van der Waals surface area contributed by atoms with Crippen molar-refractivity contribution in [2.75, 3.05) is 6.54 Å². The Bertz CT molecular complexity index is 1080. The molecule has 1 saturated carbocycles. The number of likely N-dealkylation sites (tertiary alicyclic amines) is 1. The molecular weight excluding hydrogens is 399 g/mol. The van der Waals surface area contributed by atoms with Gasteiger partial charge in [-0.25, -0.2) is 9.37 Å². The number of aromatic nitrogens is 5. The van der Waals surface area contributed by atoms with E-state index in [1.165, 1.54) is 18.5 Å². The number of carbonyl (C=O) groups is 1. The first-order chi connectivity index (χ1) is 14.0. The molecule has 1 aliphatic carbocycles. The minimum Gasteiger partial charge on any atom is -0.339 e. The lowest BCUT2D eigenvalue weighted by molar-refractivity contribution is -0.132. The van der Waals surface area contributed by atoms with Crippen molar-refractivity contribution in [3.63, 3.8) is 0 Å². The number of benzene rings is 1. The second-order valence-electron chi connectivity index (χ2n) is 7.60. The fourth-order valence-corrected chi connectivity index (χ4v) is 4.53. The van der Waals surface area contributed by atoms with Gasteiger partial charge in [0.05, 0.1) is 11.4 Å². The first kappa shape index (κ1) is 18.2. The van der Waals surface area contributed by atoms with Gasteiger partial charge in [-0.15, -0.1) is 0 Å². The summed E-state index contributed by atoms with van der Waals surface area (Å²) in [6, 6.07) is 4.59. The van der Waals surface area contributed by atoms with Gasteiger partial charge < -0.3 is 9.42 Å². The molecule has 0 spiro atoms. The topological polar surface area (TPSA) is 89.9 Å². The van der Waals surface area contributed by atoms with E-state index in [0.717, 1.165) is 12.8 Å². The molecule has 0 radical (unpaired) electrons. The van der Waals surface area contributed by atoms with Crippen LogP contribution < -0.4 is 0 Å². The van der Waals surface area contributed by atoms with Gasteiger partial charge >= 0.3 is 0 Å². The van der Waals surface area contributed by atoms with Crippen LogP contribution in [-0.4, -0.2) is 48.3 Å². The van der Waals surface area contributed by atoms with Gasteiger partial charge in [0.25, 0.3) is 0 Å². The zero-order valence-corrected chi connectivity index (χ0v) is 16.4. The third kappa shape index (κ3) is 3.19. The number of amides is 1. The zero-order valence-electron chi connectivity index (χ0n) is 15.6. The Kier molecular flexibility index (Phi) is 4.34. The minimum atomic E-state index is -0.521. The molecule has 1 aliphatic heterocycles. The smallest absolute Gasteiger partial charge is 0.230 e. The van der Waals surface area contributed by atoms with E-state index in [0.29, 0.717) is 29.6 Å². The Hall–Kier alpha value is -2.81. The van der Waals surface area contributed by atoms with Crippen molar-refractivity contribution < 1.29 is 13.7 Å². The minimum absolute atomic E-state index is 0.0525. The fraction of sp³-hybridized carbons (Fsp3) is 0.421. The number of nitrogens with zero attached hydrogens (tertiary/aromatic N) is 6. The Morgan fingerprint density at radius 2 is 2.24 bits per heavy atom. The van der Waals surface area contributed by atoms with Crippen LogP contribution in [0.1, 0.15) is 30.5 Å². The van der Waals surface area contributed by atoms with E-state index in [1.807, 2.05) is 4.90 Å². The Morgan fingerprint density at radius 3 is 2.93 bits per heavy atom. The molecule has 10 heteroatoms. The summed E-state index contributed by atoms with van der Waals surface area (Å²) in [5, 5.41) is 8.07. The molecule has 8 nitrogen and oxygen atoms in total. The van der Waals surface area contributed by atoms with Gasteiger partial charge in [-0.3, -0.25) is 9.48 Å². The summed E-state index contributed by atoms with van der Waals surface area (Å²) < 4.78 is 20.8. The molecule has 3 heterocycles. The van der Waals surface area contributed by atoms with Gasteiger partial charge in [-0.2, -0.15) is 10.1 Å². The quantitative estimate of drug-likeness (QED) is 0.649. The van der Waals surface area contributed by atoms with Crippen molar-refractivity contribution in [2.45, 2.75) is 31.2 Å². The highest BCUT2D eigenvalue weighted by Crippen LogP contribution is 2.47. The van der Waals surface area contributed by atoms with Crippen molar-refractivity contribution in [1.82, 2.24) is 29.8 Å². The summed E-state index contributed by atoms with van der Waals surface area (Å²) in [5.74, 6) is 1.47. The van der Waals surface area contributed by atoms with Gasteiger partial charge in [0.15, 0.2) is 0 Å². The Labute approximate surface area is 170 Å². The Balaban J connectivity index is 1.28. The van der Waals surface area contributed by atoms with E-state index in [4.69, 9.17) is 16.1 Å². The number of piperidine rings is 1. The van der Waals surface area contributed by atoms with E-state index >= 15 is 0 Å². The molecule has 2 bridgehead atoms. The first-order valence-corrected chi connectivity index (χ1v) is 9.78. The number of hydrogen-bond donors (Lipinski definition) is 0. The van der Waals surface area contributed by atoms with Gasteiger partial charge in [-0.1, -0.05) is 16.8 Å². The molecule has 1 amide bonds. The van der Waals surface area contributed by atoms with Crippen LogP contribution in [0.4, 0.5) is 4.39 Å². The van der Waals surface area contributed by atoms with E-state index in [2.05, 4.69) is 20.2 Å². The highest BCUT2D eigenvalue weighted by Gasteiger charge is 2.49. The molecule has 5 rings (SSSR count). The fourth-order valence-electron chi connectivity index (χ4n) is 4.42. The predicted molar refractivity (Wildman–Crippen MR) is 100 cm³/mol. The Morgan fingerprint density at radius 1 is 1.38 bits per heavy atom. The highest BCUT2D eigenvalue weighted by molar-refractivity contribution is 6.30. The van der Waals surface area contributed by atoms with Crippen LogP contribution in [0.3, 0.4) is 0 Å². The molecule has 0 N–H and O–H groups in total. The van der Waals surface area contributed by atoms with Crippen LogP contribution in [0.25, 0.3) is 11.4 Å². The van der Waals surface area contributed by atoms with E-state index in [-0.39, 0.29) is 35.2 Å². The van der Waals surface area contributed by atoms with Crippen LogP contribution >= 0.6 is 11.6 Å². The number of aryl methyl sites for hydroxylation is 1. The molecular formula is C19H18ClFN6O2. The molecule has 1 aromatic carbocycles. The summed E-state index contributed by atoms with van der Waals surface area (Å²) in [5.41, 5.74) is 0.519. The van der Waals surface area contributed by atoms with Gasteiger partial charge in [0.2, 0.25) is 17.6 Å². The van der Waals surface area contributed by atoms with Crippen LogP contribution in [-0.2, 0) is 18.3 Å². The van der Waals surface area contributed by atoms with Gasteiger partial charge in [0.1, 0.15) is 18.0 Å². The molecule has 29 heavy (non-hydrogen) atoms. The molecule has 3 unspecified atom stereocenters. The molecule has 3 aromatic rings. The number of rotatable bonds is 4. The van der Waals surface area contributed by atoms with Crippen LogP contribution in [0.15, 0.2) is 29.0 Å². The van der Waals surface area contributed by atoms with Crippen molar-refractivity contribution >= 4 is 17.5 Å². The third-order valence-corrected chi connectivity index (χ3v) is 6.22. The first-order valence-electron chi connectivity index (χ1n) is 9.41. The SMILES string of the molecule is Cn1ncnc1CC(=O)N1CC2CC1CC2c1nc(-c2ccc(Cl)c(F)c2)no1. The summed E-state index contributed by atoms with van der Waals surface area (Å²) in [6.07, 6.45) is 3.40. The second kappa shape index (κ2) is 6.91. The molecule has 3 atom stereocenters. The van der Waals surface area contributed by atoms with E-state index in [9.17, 15) is 9.18 Å². The standard InChI is InChI=1S/C19H18ClFN6O2/c1-26-16(22-9-23-26)7-17(28)27-8-11-4-12(27)6-13(11)19-24-18(25-29-19)10-2-3-14(20)15(21)5-10/h2-3,5,9,11-13H,4,6-8H2,1H3. The monoisotopic (exact) mass is 416 g/mol. The average molecular weight is 417 g/mol. The maximum Gasteiger partial charge on any atom is 0.230 e. The van der Waals surface area contributed by atoms with Crippen molar-refractivity contribution in [3.8, 4) is 11.4 Å². The van der Waals surface area contributed by atoms with Gasteiger partial charge in [-0.05, 0) is 37.0 Å². The summed E-state index contributed by atoms with van der Waals surface area (Å²) in [7, 11) is 1.78. The summed E-state index contributed by atoms with van der Waals surface area (Å²) >= 11 is 5.73. The largest absolute Gasteiger partial charge is 0.339 e. The van der Waals surface area contributed by atoms with E-state index in [1.54, 1.807) is 17.8 Å². The zero-order chi connectivity index (χ0) is 20.1. The number of halogens is 2. The lowest BCUT2D eigenvalue weighted by atomic mass is 9.94. The van der Waals surface area contributed by atoms with Crippen LogP contribution in [0.5, 0.6) is 0 Å². The van der Waals surface area contributed by atoms with Crippen molar-refractivity contribution in [1.29, 1.82) is 0 Å². The number of fused-ring (bicyclic) bond motifs is 2. The second-order valence-corrected chi connectivity index (χ2v) is 8.01. The van der Waals surface area contributed by atoms with Crippen LogP contribution in [0, 0.1) is 11.7 Å². The summed E-state index contributed by atoms with van der Waals surface area (Å²) in [4.78, 5) is 23.2. The lowest BCUT2D eigenvalue weighted by Crippen LogP contribution is -2.40. The summed E-state index contributed by atoms with van der Waals surface area (Å²) in [6.45, 7) is 0.666. The number of hydrogen-bond acceptors (Lipinski definition) is 6. The maximum atomic E-state index is 13.7. The predicted octanol–water partition coefficient (Wildman–Crippen LogP) is 2.60. The maximum absolute atomic E-state index is 13.7. The van der Waals surface area contributed by atoms with Crippen molar-refractivity contribution in [2.24, 2.45) is 13.0 Å². The number of carbonyl (C=O) groups excluding carboxylic acids is 1. The molecule has 1 saturated heterocycles. The normalized spacial score (nSPS) is 23.1. The highest BCUT2D eigenvalue weighted by atomic mass is 35.5. The van der Waals surface area contributed by atoms with E-state index < -0.39 is 5.82 Å². The average Bonchev–Trinajstić information content (AvgIpc) is 3.48. The van der Waals surface area contributed by atoms with Crippen molar-refractivity contribution in [3.05, 3.63) is 47.1 Å². The molecule has 2 aliphatic rings. The molecule has 2 fully saturated rings. The molecule has 150 valence electrons. The van der Waals surface area contributed by atoms with Crippen LogP contribution in [0.2, 0.25) is 5.02 Å². The third-order valence-electron chi connectivity index (χ3n) is 5.91.